The Bertz CT molecular complexity index is 843. The van der Waals surface area contributed by atoms with Gasteiger partial charge in [0.25, 0.3) is 0 Å². The van der Waals surface area contributed by atoms with Gasteiger partial charge in [-0.3, -0.25) is 9.48 Å². The lowest BCUT2D eigenvalue weighted by atomic mass is 10.0. The standard InChI is InChI=1S/C15H10Cl2N2O2/c16-10-4-5-11(13(17)6-10)12-3-1-2-9-7-19(8-14(20)21)18-15(9)12/h1-7H,8H2,(H,20,21). The number of benzene rings is 2. The molecule has 21 heavy (non-hydrogen) atoms. The number of aromatic nitrogens is 2. The van der Waals surface area contributed by atoms with Gasteiger partial charge in [-0.1, -0.05) is 47.5 Å². The summed E-state index contributed by atoms with van der Waals surface area (Å²) < 4.78 is 1.40. The van der Waals surface area contributed by atoms with Crippen molar-refractivity contribution in [3.63, 3.8) is 0 Å². The fourth-order valence-electron chi connectivity index (χ4n) is 2.24. The number of fused-ring (bicyclic) bond motifs is 1. The summed E-state index contributed by atoms with van der Waals surface area (Å²) in [6, 6.07) is 10.9. The first-order valence-corrected chi connectivity index (χ1v) is 6.93. The molecule has 0 bridgehead atoms. The fourth-order valence-corrected chi connectivity index (χ4v) is 2.75. The van der Waals surface area contributed by atoms with E-state index in [1.54, 1.807) is 18.3 Å². The molecule has 1 aromatic heterocycles. The first-order valence-electron chi connectivity index (χ1n) is 6.18. The van der Waals surface area contributed by atoms with Gasteiger partial charge in [0.2, 0.25) is 0 Å². The molecule has 3 rings (SSSR count). The fraction of sp³-hybridized carbons (Fsp3) is 0.0667. The van der Waals surface area contributed by atoms with Crippen molar-refractivity contribution in [1.29, 1.82) is 0 Å². The highest BCUT2D eigenvalue weighted by Gasteiger charge is 2.12. The van der Waals surface area contributed by atoms with E-state index in [0.717, 1.165) is 16.5 Å². The van der Waals surface area contributed by atoms with Crippen molar-refractivity contribution in [3.05, 3.63) is 52.6 Å². The molecule has 3 aromatic rings. The van der Waals surface area contributed by atoms with Crippen LogP contribution in [0.3, 0.4) is 0 Å². The second-order valence-electron chi connectivity index (χ2n) is 4.59. The molecule has 0 aliphatic rings. The molecule has 6 heteroatoms. The summed E-state index contributed by atoms with van der Waals surface area (Å²) >= 11 is 12.2. The van der Waals surface area contributed by atoms with Crippen LogP contribution in [-0.2, 0) is 11.3 Å². The third-order valence-electron chi connectivity index (χ3n) is 3.10. The van der Waals surface area contributed by atoms with E-state index < -0.39 is 5.97 Å². The van der Waals surface area contributed by atoms with E-state index in [2.05, 4.69) is 5.10 Å². The van der Waals surface area contributed by atoms with Gasteiger partial charge in [0.15, 0.2) is 0 Å². The van der Waals surface area contributed by atoms with Crippen LogP contribution in [0.2, 0.25) is 10.0 Å². The highest BCUT2D eigenvalue weighted by molar-refractivity contribution is 6.36. The molecule has 4 nitrogen and oxygen atoms in total. The average molecular weight is 321 g/mol. The number of halogens is 2. The Morgan fingerprint density at radius 1 is 1.19 bits per heavy atom. The minimum Gasteiger partial charge on any atom is -0.480 e. The van der Waals surface area contributed by atoms with Crippen molar-refractivity contribution in [3.8, 4) is 11.1 Å². The molecule has 0 atom stereocenters. The summed E-state index contributed by atoms with van der Waals surface area (Å²) in [5.41, 5.74) is 2.37. The number of hydrogen-bond acceptors (Lipinski definition) is 2. The van der Waals surface area contributed by atoms with E-state index in [-0.39, 0.29) is 6.54 Å². The Morgan fingerprint density at radius 3 is 2.71 bits per heavy atom. The largest absolute Gasteiger partial charge is 0.480 e. The highest BCUT2D eigenvalue weighted by atomic mass is 35.5. The van der Waals surface area contributed by atoms with E-state index in [9.17, 15) is 4.79 Å². The Hall–Kier alpha value is -2.04. The lowest BCUT2D eigenvalue weighted by molar-refractivity contribution is -0.137. The molecule has 0 amide bonds. The predicted octanol–water partition coefficient (Wildman–Crippen LogP) is 4.09. The van der Waals surface area contributed by atoms with E-state index in [1.165, 1.54) is 4.68 Å². The van der Waals surface area contributed by atoms with Gasteiger partial charge in [-0.05, 0) is 12.1 Å². The van der Waals surface area contributed by atoms with Crippen molar-refractivity contribution >= 4 is 40.1 Å². The van der Waals surface area contributed by atoms with Gasteiger partial charge in [-0.25, -0.2) is 0 Å². The van der Waals surface area contributed by atoms with Gasteiger partial charge >= 0.3 is 5.97 Å². The molecule has 0 saturated heterocycles. The predicted molar refractivity (Wildman–Crippen MR) is 82.8 cm³/mol. The van der Waals surface area contributed by atoms with Gasteiger partial charge in [0.1, 0.15) is 12.1 Å². The lowest BCUT2D eigenvalue weighted by Gasteiger charge is -2.05. The zero-order chi connectivity index (χ0) is 15.0. The molecule has 0 aliphatic heterocycles. The third kappa shape index (κ3) is 2.73. The normalized spacial score (nSPS) is 11.0. The summed E-state index contributed by atoms with van der Waals surface area (Å²) in [6.07, 6.45) is 1.71. The number of hydrogen-bond donors (Lipinski definition) is 1. The topological polar surface area (TPSA) is 55.1 Å². The Morgan fingerprint density at radius 2 is 2.00 bits per heavy atom. The van der Waals surface area contributed by atoms with Crippen LogP contribution in [0.15, 0.2) is 42.6 Å². The summed E-state index contributed by atoms with van der Waals surface area (Å²) in [5, 5.41) is 15.1. The van der Waals surface area contributed by atoms with Gasteiger partial charge < -0.3 is 5.11 Å². The molecular formula is C15H10Cl2N2O2. The molecule has 0 aliphatic carbocycles. The lowest BCUT2D eigenvalue weighted by Crippen LogP contribution is -2.08. The van der Waals surface area contributed by atoms with Crippen molar-refractivity contribution in [2.24, 2.45) is 0 Å². The molecule has 0 radical (unpaired) electrons. The second-order valence-corrected chi connectivity index (χ2v) is 5.43. The van der Waals surface area contributed by atoms with Gasteiger partial charge in [0.05, 0.1) is 0 Å². The summed E-state index contributed by atoms with van der Waals surface area (Å²) in [7, 11) is 0. The molecule has 0 unspecified atom stereocenters. The Labute approximate surface area is 130 Å². The third-order valence-corrected chi connectivity index (χ3v) is 3.65. The number of carbonyl (C=O) groups is 1. The average Bonchev–Trinajstić information content (AvgIpc) is 2.80. The number of nitrogens with zero attached hydrogens (tertiary/aromatic N) is 2. The highest BCUT2D eigenvalue weighted by Crippen LogP contribution is 2.34. The van der Waals surface area contributed by atoms with Gasteiger partial charge in [-0.15, -0.1) is 0 Å². The van der Waals surface area contributed by atoms with Crippen LogP contribution in [0, 0.1) is 0 Å². The minimum atomic E-state index is -0.936. The monoisotopic (exact) mass is 320 g/mol. The number of rotatable bonds is 3. The SMILES string of the molecule is O=C(O)Cn1cc2cccc(-c3ccc(Cl)cc3Cl)c2n1. The molecule has 0 spiro atoms. The second kappa shape index (κ2) is 5.39. The van der Waals surface area contributed by atoms with E-state index in [0.29, 0.717) is 15.6 Å². The Kier molecular flexibility index (Phi) is 3.57. The van der Waals surface area contributed by atoms with Crippen LogP contribution in [0.5, 0.6) is 0 Å². The summed E-state index contributed by atoms with van der Waals surface area (Å²) in [4.78, 5) is 10.8. The van der Waals surface area contributed by atoms with E-state index >= 15 is 0 Å². The number of carboxylic acids is 1. The number of aliphatic carboxylic acids is 1. The van der Waals surface area contributed by atoms with Crippen LogP contribution < -0.4 is 0 Å². The Balaban J connectivity index is 2.18. The zero-order valence-electron chi connectivity index (χ0n) is 10.8. The molecule has 0 saturated carbocycles. The smallest absolute Gasteiger partial charge is 0.325 e. The van der Waals surface area contributed by atoms with E-state index in [4.69, 9.17) is 28.3 Å². The maximum atomic E-state index is 10.8. The quantitative estimate of drug-likeness (QED) is 0.790. The van der Waals surface area contributed by atoms with Crippen LogP contribution in [0.1, 0.15) is 0 Å². The van der Waals surface area contributed by atoms with E-state index in [1.807, 2.05) is 24.3 Å². The first kappa shape index (κ1) is 13.9. The van der Waals surface area contributed by atoms with Crippen molar-refractivity contribution in [2.45, 2.75) is 6.54 Å². The van der Waals surface area contributed by atoms with Crippen molar-refractivity contribution < 1.29 is 9.90 Å². The number of carboxylic acid groups (broad SMARTS) is 1. The summed E-state index contributed by atoms with van der Waals surface area (Å²) in [5.74, 6) is -0.936. The van der Waals surface area contributed by atoms with Crippen LogP contribution in [0.25, 0.3) is 22.0 Å². The van der Waals surface area contributed by atoms with Crippen LogP contribution in [0.4, 0.5) is 0 Å². The van der Waals surface area contributed by atoms with Crippen LogP contribution >= 0.6 is 23.2 Å². The molecular weight excluding hydrogens is 311 g/mol. The molecule has 106 valence electrons. The van der Waals surface area contributed by atoms with Crippen LogP contribution in [-0.4, -0.2) is 20.9 Å². The molecule has 2 aromatic carbocycles. The zero-order valence-corrected chi connectivity index (χ0v) is 12.3. The van der Waals surface area contributed by atoms with Crippen molar-refractivity contribution in [1.82, 2.24) is 9.78 Å². The first-order chi connectivity index (χ1) is 10.0. The van der Waals surface area contributed by atoms with Gasteiger partial charge in [0, 0.05) is 32.8 Å². The molecule has 1 N–H and O–H groups in total. The maximum Gasteiger partial charge on any atom is 0.325 e. The molecule has 0 fully saturated rings. The van der Waals surface area contributed by atoms with Gasteiger partial charge in [-0.2, -0.15) is 5.10 Å². The maximum absolute atomic E-state index is 10.8. The summed E-state index contributed by atoms with van der Waals surface area (Å²) in [6.45, 7) is -0.178. The molecule has 1 heterocycles. The minimum absolute atomic E-state index is 0.178. The van der Waals surface area contributed by atoms with Crippen molar-refractivity contribution in [2.75, 3.05) is 0 Å².